The monoisotopic (exact) mass is 321 g/mol. The molecule has 4 rings (SSSR count). The molecule has 1 aliphatic rings. The van der Waals surface area contributed by atoms with Crippen molar-refractivity contribution in [3.8, 4) is 5.75 Å². The molecule has 0 aliphatic carbocycles. The predicted octanol–water partition coefficient (Wildman–Crippen LogP) is 3.55. The zero-order valence-electron chi connectivity index (χ0n) is 13.5. The number of aromatic amines is 1. The van der Waals surface area contributed by atoms with Gasteiger partial charge in [-0.25, -0.2) is 0 Å². The summed E-state index contributed by atoms with van der Waals surface area (Å²) in [6.45, 7) is 0.763. The molecule has 1 amide bonds. The number of carbonyl (C=O) groups is 1. The largest absolute Gasteiger partial charge is 0.497 e. The molecule has 1 atom stereocenters. The maximum absolute atomic E-state index is 13.0. The number of benzene rings is 1. The third-order valence-corrected chi connectivity index (χ3v) is 4.60. The zero-order chi connectivity index (χ0) is 16.5. The van der Waals surface area contributed by atoms with E-state index < -0.39 is 0 Å². The lowest BCUT2D eigenvalue weighted by molar-refractivity contribution is 0.0728. The molecule has 1 fully saturated rings. The fourth-order valence-electron chi connectivity index (χ4n) is 3.40. The maximum Gasteiger partial charge on any atom is 0.270 e. The summed E-state index contributed by atoms with van der Waals surface area (Å²) in [6.07, 6.45) is 3.74. The molecule has 3 heterocycles. The smallest absolute Gasteiger partial charge is 0.270 e. The number of nitrogens with zero attached hydrogens (tertiary/aromatic N) is 2. The van der Waals surface area contributed by atoms with E-state index in [2.05, 4.69) is 9.97 Å². The Kier molecular flexibility index (Phi) is 3.69. The molecule has 24 heavy (non-hydrogen) atoms. The van der Waals surface area contributed by atoms with E-state index in [-0.39, 0.29) is 11.9 Å². The van der Waals surface area contributed by atoms with Gasteiger partial charge in [-0.05, 0) is 49.2 Å². The van der Waals surface area contributed by atoms with E-state index in [0.29, 0.717) is 5.69 Å². The zero-order valence-corrected chi connectivity index (χ0v) is 13.5. The second-order valence-corrected chi connectivity index (χ2v) is 6.05. The standard InChI is InChI=1S/C19H19N3O2/c1-24-14-7-8-15-13(11-14)12-17(21-15)19(23)22-10-4-6-18(22)16-5-2-3-9-20-16/h2-3,5,7-9,11-12,18,21H,4,6,10H2,1H3/t18-/m0/s1. The van der Waals surface area contributed by atoms with Crippen LogP contribution in [0.3, 0.4) is 0 Å². The van der Waals surface area contributed by atoms with Gasteiger partial charge in [0.25, 0.3) is 5.91 Å². The van der Waals surface area contributed by atoms with Crippen LogP contribution in [0.1, 0.15) is 35.1 Å². The third-order valence-electron chi connectivity index (χ3n) is 4.60. The summed E-state index contributed by atoms with van der Waals surface area (Å²) in [5.41, 5.74) is 2.51. The van der Waals surface area contributed by atoms with Gasteiger partial charge in [0.2, 0.25) is 0 Å². The number of methoxy groups -OCH3 is 1. The second kappa shape index (κ2) is 6.00. The quantitative estimate of drug-likeness (QED) is 0.802. The topological polar surface area (TPSA) is 58.2 Å². The number of H-pyrrole nitrogens is 1. The van der Waals surface area contributed by atoms with Crippen molar-refractivity contribution < 1.29 is 9.53 Å². The fourth-order valence-corrected chi connectivity index (χ4v) is 3.40. The minimum Gasteiger partial charge on any atom is -0.497 e. The molecule has 0 radical (unpaired) electrons. The first kappa shape index (κ1) is 14.8. The number of amides is 1. The van der Waals surface area contributed by atoms with E-state index >= 15 is 0 Å². The van der Waals surface area contributed by atoms with Gasteiger partial charge in [-0.1, -0.05) is 6.07 Å². The highest BCUT2D eigenvalue weighted by molar-refractivity contribution is 5.98. The Bertz CT molecular complexity index is 873. The van der Waals surface area contributed by atoms with Crippen molar-refractivity contribution in [2.24, 2.45) is 0 Å². The fraction of sp³-hybridized carbons (Fsp3) is 0.263. The van der Waals surface area contributed by atoms with Crippen molar-refractivity contribution in [3.63, 3.8) is 0 Å². The molecule has 0 saturated carbocycles. The van der Waals surface area contributed by atoms with Gasteiger partial charge in [-0.2, -0.15) is 0 Å². The van der Waals surface area contributed by atoms with Gasteiger partial charge in [0, 0.05) is 23.6 Å². The number of nitrogens with one attached hydrogen (secondary N) is 1. The molecule has 0 spiro atoms. The highest BCUT2D eigenvalue weighted by atomic mass is 16.5. The van der Waals surface area contributed by atoms with Crippen molar-refractivity contribution in [1.29, 1.82) is 0 Å². The molecule has 1 saturated heterocycles. The van der Waals surface area contributed by atoms with E-state index in [0.717, 1.165) is 41.7 Å². The van der Waals surface area contributed by atoms with Crippen molar-refractivity contribution in [2.45, 2.75) is 18.9 Å². The van der Waals surface area contributed by atoms with Crippen LogP contribution in [0, 0.1) is 0 Å². The maximum atomic E-state index is 13.0. The van der Waals surface area contributed by atoms with Crippen molar-refractivity contribution >= 4 is 16.8 Å². The molecule has 122 valence electrons. The van der Waals surface area contributed by atoms with Crippen molar-refractivity contribution in [2.75, 3.05) is 13.7 Å². The minimum absolute atomic E-state index is 0.0262. The number of pyridine rings is 1. The van der Waals surface area contributed by atoms with Crippen LogP contribution in [-0.2, 0) is 0 Å². The number of aromatic nitrogens is 2. The molecule has 1 aliphatic heterocycles. The Morgan fingerprint density at radius 1 is 1.29 bits per heavy atom. The number of fused-ring (bicyclic) bond motifs is 1. The SMILES string of the molecule is COc1ccc2[nH]c(C(=O)N3CCC[C@H]3c3ccccn3)cc2c1. The van der Waals surface area contributed by atoms with E-state index in [1.165, 1.54) is 0 Å². The van der Waals surface area contributed by atoms with Crippen LogP contribution in [-0.4, -0.2) is 34.4 Å². The molecule has 1 aromatic carbocycles. The summed E-state index contributed by atoms with van der Waals surface area (Å²) in [4.78, 5) is 22.6. The van der Waals surface area contributed by atoms with Crippen molar-refractivity contribution in [1.82, 2.24) is 14.9 Å². The summed E-state index contributed by atoms with van der Waals surface area (Å²) < 4.78 is 5.25. The molecular formula is C19H19N3O2. The lowest BCUT2D eigenvalue weighted by Crippen LogP contribution is -2.31. The molecule has 1 N–H and O–H groups in total. The number of likely N-dealkylation sites (tertiary alicyclic amines) is 1. The Balaban J connectivity index is 1.65. The lowest BCUT2D eigenvalue weighted by Gasteiger charge is -2.23. The number of ether oxygens (including phenoxy) is 1. The van der Waals surface area contributed by atoms with E-state index in [4.69, 9.17) is 4.74 Å². The molecule has 3 aromatic rings. The predicted molar refractivity (Wildman–Crippen MR) is 92.1 cm³/mol. The van der Waals surface area contributed by atoms with Gasteiger partial charge in [0.1, 0.15) is 11.4 Å². The first-order chi connectivity index (χ1) is 11.8. The summed E-state index contributed by atoms with van der Waals surface area (Å²) >= 11 is 0. The number of hydrogen-bond acceptors (Lipinski definition) is 3. The molecule has 5 heteroatoms. The minimum atomic E-state index is 0.0262. The Morgan fingerprint density at radius 3 is 3.00 bits per heavy atom. The molecule has 0 bridgehead atoms. The van der Waals surface area contributed by atoms with Gasteiger partial charge in [0.15, 0.2) is 0 Å². The third kappa shape index (κ3) is 2.52. The van der Waals surface area contributed by atoms with E-state index in [9.17, 15) is 4.79 Å². The molecular weight excluding hydrogens is 302 g/mol. The Labute approximate surface area is 140 Å². The van der Waals surface area contributed by atoms with Gasteiger partial charge < -0.3 is 14.6 Å². The van der Waals surface area contributed by atoms with Gasteiger partial charge in [-0.3, -0.25) is 9.78 Å². The summed E-state index contributed by atoms with van der Waals surface area (Å²) in [5.74, 6) is 0.811. The van der Waals surface area contributed by atoms with Crippen LogP contribution in [0.2, 0.25) is 0 Å². The second-order valence-electron chi connectivity index (χ2n) is 6.05. The van der Waals surface area contributed by atoms with Crippen LogP contribution in [0.25, 0.3) is 10.9 Å². The Hall–Kier alpha value is -2.82. The first-order valence-corrected chi connectivity index (χ1v) is 8.15. The summed E-state index contributed by atoms with van der Waals surface area (Å²) in [5, 5.41) is 0.978. The molecule has 0 unspecified atom stereocenters. The lowest BCUT2D eigenvalue weighted by atomic mass is 10.1. The van der Waals surface area contributed by atoms with Gasteiger partial charge in [-0.15, -0.1) is 0 Å². The van der Waals surface area contributed by atoms with Crippen LogP contribution >= 0.6 is 0 Å². The summed E-state index contributed by atoms with van der Waals surface area (Å²) in [6, 6.07) is 13.6. The summed E-state index contributed by atoms with van der Waals surface area (Å²) in [7, 11) is 1.64. The first-order valence-electron chi connectivity index (χ1n) is 8.15. The van der Waals surface area contributed by atoms with E-state index in [1.807, 2.05) is 47.4 Å². The van der Waals surface area contributed by atoms with Crippen LogP contribution < -0.4 is 4.74 Å². The van der Waals surface area contributed by atoms with Crippen LogP contribution in [0.4, 0.5) is 0 Å². The van der Waals surface area contributed by atoms with Crippen LogP contribution in [0.15, 0.2) is 48.7 Å². The highest BCUT2D eigenvalue weighted by Crippen LogP contribution is 2.32. The van der Waals surface area contributed by atoms with E-state index in [1.54, 1.807) is 13.3 Å². The number of hydrogen-bond donors (Lipinski definition) is 1. The van der Waals surface area contributed by atoms with Crippen LogP contribution in [0.5, 0.6) is 5.75 Å². The number of rotatable bonds is 3. The van der Waals surface area contributed by atoms with Gasteiger partial charge >= 0.3 is 0 Å². The Morgan fingerprint density at radius 2 is 2.21 bits per heavy atom. The normalized spacial score (nSPS) is 17.4. The highest BCUT2D eigenvalue weighted by Gasteiger charge is 2.32. The average molecular weight is 321 g/mol. The molecule has 5 nitrogen and oxygen atoms in total. The van der Waals surface area contributed by atoms with Gasteiger partial charge in [0.05, 0.1) is 18.8 Å². The van der Waals surface area contributed by atoms with Crippen molar-refractivity contribution in [3.05, 3.63) is 60.0 Å². The average Bonchev–Trinajstić information content (AvgIpc) is 3.28. The molecule has 2 aromatic heterocycles. The number of carbonyl (C=O) groups excluding carboxylic acids is 1.